The number of thiophene rings is 1. The van der Waals surface area contributed by atoms with Crippen LogP contribution in [0.5, 0.6) is 0 Å². The highest BCUT2D eigenvalue weighted by Crippen LogP contribution is 2.32. The van der Waals surface area contributed by atoms with Crippen LogP contribution in [0.3, 0.4) is 0 Å². The molecule has 0 bridgehead atoms. The third-order valence-electron chi connectivity index (χ3n) is 3.69. The van der Waals surface area contributed by atoms with Crippen molar-refractivity contribution in [2.75, 3.05) is 6.54 Å². The average Bonchev–Trinajstić information content (AvgIpc) is 2.78. The number of aliphatic hydroxyl groups excluding tert-OH is 1. The number of aryl methyl sites for hydroxylation is 2. The molecule has 2 unspecified atom stereocenters. The van der Waals surface area contributed by atoms with E-state index in [0.29, 0.717) is 6.04 Å². The van der Waals surface area contributed by atoms with Crippen molar-refractivity contribution in [3.63, 3.8) is 0 Å². The Balaban J connectivity index is 1.81. The summed E-state index contributed by atoms with van der Waals surface area (Å²) >= 11 is 2.00. The first-order chi connectivity index (χ1) is 8.66. The molecule has 1 aromatic rings. The van der Waals surface area contributed by atoms with Gasteiger partial charge in [0.15, 0.2) is 0 Å². The molecule has 102 valence electrons. The molecule has 0 aliphatic heterocycles. The van der Waals surface area contributed by atoms with E-state index in [1.165, 1.54) is 30.6 Å². The van der Waals surface area contributed by atoms with Crippen molar-refractivity contribution in [2.45, 2.75) is 64.5 Å². The Morgan fingerprint density at radius 1 is 1.33 bits per heavy atom. The van der Waals surface area contributed by atoms with Crippen molar-refractivity contribution in [3.8, 4) is 0 Å². The maximum absolute atomic E-state index is 9.22. The molecule has 0 radical (unpaired) electrons. The Morgan fingerprint density at radius 3 is 2.83 bits per heavy atom. The van der Waals surface area contributed by atoms with Crippen molar-refractivity contribution < 1.29 is 5.11 Å². The number of nitrogens with one attached hydrogen (secondary N) is 1. The van der Waals surface area contributed by atoms with E-state index in [2.05, 4.69) is 18.3 Å². The molecule has 18 heavy (non-hydrogen) atoms. The van der Waals surface area contributed by atoms with E-state index in [-0.39, 0.29) is 6.10 Å². The Bertz CT molecular complexity index is 349. The van der Waals surface area contributed by atoms with Gasteiger partial charge >= 0.3 is 0 Å². The summed E-state index contributed by atoms with van der Waals surface area (Å²) in [5.41, 5.74) is 1.60. The molecule has 1 aliphatic rings. The molecule has 0 spiro atoms. The van der Waals surface area contributed by atoms with Crippen LogP contribution in [0.1, 0.15) is 60.9 Å². The second kappa shape index (κ2) is 6.69. The quantitative estimate of drug-likeness (QED) is 0.774. The number of fused-ring (bicyclic) bond motifs is 1. The van der Waals surface area contributed by atoms with Crippen LogP contribution in [0.4, 0.5) is 0 Å². The van der Waals surface area contributed by atoms with Crippen LogP contribution < -0.4 is 5.32 Å². The largest absolute Gasteiger partial charge is 0.393 e. The minimum Gasteiger partial charge on any atom is -0.393 e. The summed E-state index contributed by atoms with van der Waals surface area (Å²) in [6, 6.07) is 2.86. The van der Waals surface area contributed by atoms with Crippen LogP contribution in [-0.4, -0.2) is 17.8 Å². The minimum atomic E-state index is -0.170. The Hall–Kier alpha value is -0.380. The zero-order chi connectivity index (χ0) is 13.0. The van der Waals surface area contributed by atoms with E-state index < -0.39 is 0 Å². The van der Waals surface area contributed by atoms with Gasteiger partial charge in [-0.1, -0.05) is 0 Å². The molecule has 3 heteroatoms. The van der Waals surface area contributed by atoms with Crippen LogP contribution in [0, 0.1) is 0 Å². The summed E-state index contributed by atoms with van der Waals surface area (Å²) in [5.74, 6) is 0. The molecule has 2 atom stereocenters. The fourth-order valence-corrected chi connectivity index (χ4v) is 3.83. The van der Waals surface area contributed by atoms with Crippen LogP contribution in [0.2, 0.25) is 0 Å². The molecule has 2 rings (SSSR count). The zero-order valence-corrected chi connectivity index (χ0v) is 12.4. The second-order valence-electron chi connectivity index (χ2n) is 5.47. The van der Waals surface area contributed by atoms with Gasteiger partial charge in [-0.2, -0.15) is 0 Å². The molecule has 2 nitrogen and oxygen atoms in total. The van der Waals surface area contributed by atoms with Gasteiger partial charge in [-0.3, -0.25) is 0 Å². The number of aliphatic hydroxyl groups is 1. The third-order valence-corrected chi connectivity index (χ3v) is 5.11. The van der Waals surface area contributed by atoms with Gasteiger partial charge in [-0.05, 0) is 70.5 Å². The Morgan fingerprint density at radius 2 is 2.11 bits per heavy atom. The monoisotopic (exact) mass is 267 g/mol. The van der Waals surface area contributed by atoms with E-state index in [1.807, 2.05) is 18.3 Å². The topological polar surface area (TPSA) is 32.3 Å². The van der Waals surface area contributed by atoms with Gasteiger partial charge in [0.1, 0.15) is 0 Å². The SMILES string of the molecule is CC(O)CCCNC(C)c1cc2c(s1)CCCC2. The van der Waals surface area contributed by atoms with Gasteiger partial charge in [0.05, 0.1) is 6.10 Å². The molecule has 1 heterocycles. The molecule has 0 amide bonds. The minimum absolute atomic E-state index is 0.170. The second-order valence-corrected chi connectivity index (χ2v) is 6.64. The fraction of sp³-hybridized carbons (Fsp3) is 0.733. The standard InChI is InChI=1S/C15H25NOS/c1-11(17)6-5-9-16-12(2)15-10-13-7-3-4-8-14(13)18-15/h10-12,16-17H,3-9H2,1-2H3. The molecule has 1 aromatic heterocycles. The molecule has 0 aromatic carbocycles. The summed E-state index contributed by atoms with van der Waals surface area (Å²) in [7, 11) is 0. The fourth-order valence-electron chi connectivity index (χ4n) is 2.54. The van der Waals surface area contributed by atoms with Gasteiger partial charge in [0, 0.05) is 15.8 Å². The van der Waals surface area contributed by atoms with E-state index in [1.54, 1.807) is 10.4 Å². The summed E-state index contributed by atoms with van der Waals surface area (Å²) in [6.45, 7) is 5.10. The first-order valence-corrected chi connectivity index (χ1v) is 8.01. The summed E-state index contributed by atoms with van der Waals surface area (Å²) in [4.78, 5) is 3.10. The lowest BCUT2D eigenvalue weighted by molar-refractivity contribution is 0.181. The maximum Gasteiger partial charge on any atom is 0.0512 e. The summed E-state index contributed by atoms with van der Waals surface area (Å²) in [6.07, 6.45) is 7.06. The Labute approximate surface area is 114 Å². The van der Waals surface area contributed by atoms with E-state index in [9.17, 15) is 5.11 Å². The van der Waals surface area contributed by atoms with E-state index >= 15 is 0 Å². The lowest BCUT2D eigenvalue weighted by atomic mass is 9.99. The first kappa shape index (κ1) is 14.0. The van der Waals surface area contributed by atoms with E-state index in [4.69, 9.17) is 0 Å². The predicted octanol–water partition coefficient (Wildman–Crippen LogP) is 3.44. The lowest BCUT2D eigenvalue weighted by Crippen LogP contribution is -2.20. The zero-order valence-electron chi connectivity index (χ0n) is 11.5. The van der Waals surface area contributed by atoms with Crippen molar-refractivity contribution >= 4 is 11.3 Å². The van der Waals surface area contributed by atoms with Gasteiger partial charge in [0.25, 0.3) is 0 Å². The molecular formula is C15H25NOS. The highest BCUT2D eigenvalue weighted by atomic mass is 32.1. The van der Waals surface area contributed by atoms with Gasteiger partial charge in [0.2, 0.25) is 0 Å². The highest BCUT2D eigenvalue weighted by Gasteiger charge is 2.16. The molecule has 0 saturated carbocycles. The number of hydrogen-bond acceptors (Lipinski definition) is 3. The maximum atomic E-state index is 9.22. The lowest BCUT2D eigenvalue weighted by Gasteiger charge is -2.12. The van der Waals surface area contributed by atoms with Crippen molar-refractivity contribution in [1.82, 2.24) is 5.32 Å². The van der Waals surface area contributed by atoms with E-state index in [0.717, 1.165) is 19.4 Å². The normalized spacial score (nSPS) is 18.4. The van der Waals surface area contributed by atoms with Crippen molar-refractivity contribution in [1.29, 1.82) is 0 Å². The number of hydrogen-bond donors (Lipinski definition) is 2. The van der Waals surface area contributed by atoms with Crippen LogP contribution >= 0.6 is 11.3 Å². The highest BCUT2D eigenvalue weighted by molar-refractivity contribution is 7.12. The van der Waals surface area contributed by atoms with Crippen LogP contribution in [0.25, 0.3) is 0 Å². The van der Waals surface area contributed by atoms with Crippen molar-refractivity contribution in [2.24, 2.45) is 0 Å². The summed E-state index contributed by atoms with van der Waals surface area (Å²) < 4.78 is 0. The molecular weight excluding hydrogens is 242 g/mol. The van der Waals surface area contributed by atoms with Gasteiger partial charge in [-0.15, -0.1) is 11.3 Å². The van der Waals surface area contributed by atoms with Gasteiger partial charge < -0.3 is 10.4 Å². The first-order valence-electron chi connectivity index (χ1n) is 7.19. The van der Waals surface area contributed by atoms with Gasteiger partial charge in [-0.25, -0.2) is 0 Å². The average molecular weight is 267 g/mol. The molecule has 0 saturated heterocycles. The molecule has 0 fully saturated rings. The number of rotatable bonds is 6. The Kier molecular flexibility index (Phi) is 5.22. The predicted molar refractivity (Wildman–Crippen MR) is 78.3 cm³/mol. The van der Waals surface area contributed by atoms with Crippen LogP contribution in [-0.2, 0) is 12.8 Å². The molecule has 2 N–H and O–H groups in total. The van der Waals surface area contributed by atoms with Crippen LogP contribution in [0.15, 0.2) is 6.07 Å². The summed E-state index contributed by atoms with van der Waals surface area (Å²) in [5, 5.41) is 12.8. The smallest absolute Gasteiger partial charge is 0.0512 e. The van der Waals surface area contributed by atoms with Crippen molar-refractivity contribution in [3.05, 3.63) is 21.4 Å². The third kappa shape index (κ3) is 3.81. The molecule has 1 aliphatic carbocycles.